The van der Waals surface area contributed by atoms with Crippen LogP contribution in [0, 0.1) is 11.7 Å². The molecule has 0 bridgehead atoms. The lowest BCUT2D eigenvalue weighted by Crippen LogP contribution is -2.51. The highest BCUT2D eigenvalue weighted by Crippen LogP contribution is 2.18. The Morgan fingerprint density at radius 2 is 1.60 bits per heavy atom. The molecule has 3 atom stereocenters. The molecule has 1 fully saturated rings. The van der Waals surface area contributed by atoms with E-state index in [2.05, 4.69) is 21.3 Å². The number of amides is 4. The lowest BCUT2D eigenvalue weighted by molar-refractivity contribution is -0.129. The number of hydrogen-bond acceptors (Lipinski definition) is 4. The second-order valence-corrected chi connectivity index (χ2v) is 10.3. The van der Waals surface area contributed by atoms with E-state index in [0.717, 1.165) is 11.1 Å². The first-order valence-electron chi connectivity index (χ1n) is 14.0. The maximum Gasteiger partial charge on any atom is 0.244 e. The van der Waals surface area contributed by atoms with Crippen LogP contribution in [0.2, 0.25) is 0 Å². The molecule has 3 aromatic carbocycles. The Hall–Kier alpha value is -4.79. The standard InChI is InChI=1S/C33H35FN4O4/c34-27-14-11-24(12-15-27)19-29(38-30(39)16-13-23-7-3-1-4-8-23)33(42)37-28(20-26-17-18-35-32(26)41)21-31(40)36-22-25-9-5-2-6-10-25/h1-16,26,28-29H,17-22H2,(H,35,41)(H,36,40)(H,37,42)(H,38,39)/b16-13+/t26-,28-,29-/m0/s1. The summed E-state index contributed by atoms with van der Waals surface area (Å²) in [5.41, 5.74) is 2.41. The Morgan fingerprint density at radius 1 is 0.905 bits per heavy atom. The molecule has 3 aromatic rings. The Labute approximate surface area is 244 Å². The summed E-state index contributed by atoms with van der Waals surface area (Å²) in [6.07, 6.45) is 3.94. The molecule has 4 N–H and O–H groups in total. The van der Waals surface area contributed by atoms with Crippen LogP contribution >= 0.6 is 0 Å². The van der Waals surface area contributed by atoms with Gasteiger partial charge in [0, 0.05) is 44.0 Å². The molecular formula is C33H35FN4O4. The third kappa shape index (κ3) is 9.69. The number of rotatable bonds is 13. The third-order valence-corrected chi connectivity index (χ3v) is 7.06. The molecule has 4 rings (SSSR count). The highest BCUT2D eigenvalue weighted by Gasteiger charge is 2.31. The van der Waals surface area contributed by atoms with Gasteiger partial charge in [-0.1, -0.05) is 72.8 Å². The van der Waals surface area contributed by atoms with Crippen LogP contribution in [0.3, 0.4) is 0 Å². The lowest BCUT2D eigenvalue weighted by atomic mass is 9.95. The van der Waals surface area contributed by atoms with Crippen LogP contribution in [0.4, 0.5) is 4.39 Å². The predicted molar refractivity (Wildman–Crippen MR) is 158 cm³/mol. The van der Waals surface area contributed by atoms with E-state index in [0.29, 0.717) is 25.1 Å². The van der Waals surface area contributed by atoms with E-state index in [1.807, 2.05) is 60.7 Å². The quantitative estimate of drug-likeness (QED) is 0.236. The molecule has 1 heterocycles. The van der Waals surface area contributed by atoms with Gasteiger partial charge >= 0.3 is 0 Å². The summed E-state index contributed by atoms with van der Waals surface area (Å²) >= 11 is 0. The van der Waals surface area contributed by atoms with E-state index >= 15 is 0 Å². The minimum absolute atomic E-state index is 0.0342. The zero-order valence-electron chi connectivity index (χ0n) is 23.2. The predicted octanol–water partition coefficient (Wildman–Crippen LogP) is 3.28. The summed E-state index contributed by atoms with van der Waals surface area (Å²) in [4.78, 5) is 51.6. The largest absolute Gasteiger partial charge is 0.356 e. The van der Waals surface area contributed by atoms with E-state index in [4.69, 9.17) is 0 Å². The molecule has 1 aliphatic heterocycles. The molecule has 0 aliphatic carbocycles. The second-order valence-electron chi connectivity index (χ2n) is 10.3. The molecule has 42 heavy (non-hydrogen) atoms. The van der Waals surface area contributed by atoms with E-state index in [1.165, 1.54) is 18.2 Å². The fraction of sp³-hybridized carbons (Fsp3) is 0.273. The normalized spacial score (nSPS) is 15.9. The van der Waals surface area contributed by atoms with Crippen molar-refractivity contribution < 1.29 is 23.6 Å². The Kier molecular flexibility index (Phi) is 11.0. The summed E-state index contributed by atoms with van der Waals surface area (Å²) < 4.78 is 13.5. The average molecular weight is 571 g/mol. The van der Waals surface area contributed by atoms with E-state index < -0.39 is 29.7 Å². The van der Waals surface area contributed by atoms with Gasteiger partial charge in [-0.25, -0.2) is 4.39 Å². The number of nitrogens with one attached hydrogen (secondary N) is 4. The van der Waals surface area contributed by atoms with Gasteiger partial charge in [0.1, 0.15) is 11.9 Å². The highest BCUT2D eigenvalue weighted by molar-refractivity contribution is 5.96. The van der Waals surface area contributed by atoms with Gasteiger partial charge < -0.3 is 21.3 Å². The SMILES string of the molecule is O=C(/C=C/c1ccccc1)N[C@@H](Cc1ccc(F)cc1)C(=O)N[C@H](CC(=O)NCc1ccccc1)C[C@@H]1CCNC1=O. The third-order valence-electron chi connectivity index (χ3n) is 7.06. The zero-order chi connectivity index (χ0) is 29.7. The molecule has 1 aliphatic rings. The van der Waals surface area contributed by atoms with Crippen molar-refractivity contribution >= 4 is 29.7 Å². The van der Waals surface area contributed by atoms with Crippen LogP contribution in [0.5, 0.6) is 0 Å². The minimum Gasteiger partial charge on any atom is -0.356 e. The summed E-state index contributed by atoms with van der Waals surface area (Å²) in [6.45, 7) is 0.878. The molecule has 0 saturated carbocycles. The number of hydrogen-bond donors (Lipinski definition) is 4. The highest BCUT2D eigenvalue weighted by atomic mass is 19.1. The average Bonchev–Trinajstić information content (AvgIpc) is 3.40. The van der Waals surface area contributed by atoms with Gasteiger partial charge in [-0.2, -0.15) is 0 Å². The molecule has 0 spiro atoms. The van der Waals surface area contributed by atoms with E-state index in [9.17, 15) is 23.6 Å². The molecule has 8 nitrogen and oxygen atoms in total. The van der Waals surface area contributed by atoms with E-state index in [1.54, 1.807) is 18.2 Å². The maximum absolute atomic E-state index is 13.6. The molecule has 0 radical (unpaired) electrons. The molecule has 1 saturated heterocycles. The summed E-state index contributed by atoms with van der Waals surface area (Å²) in [5, 5.41) is 11.3. The monoisotopic (exact) mass is 570 g/mol. The molecule has 4 amide bonds. The van der Waals surface area contributed by atoms with Crippen molar-refractivity contribution in [3.05, 3.63) is 114 Å². The summed E-state index contributed by atoms with van der Waals surface area (Å²) in [7, 11) is 0. The second kappa shape index (κ2) is 15.3. The maximum atomic E-state index is 13.6. The van der Waals surface area contributed by atoms with Gasteiger partial charge in [0.05, 0.1) is 0 Å². The lowest BCUT2D eigenvalue weighted by Gasteiger charge is -2.24. The fourth-order valence-electron chi connectivity index (χ4n) is 4.82. The van der Waals surface area contributed by atoms with E-state index in [-0.39, 0.29) is 37.0 Å². The van der Waals surface area contributed by atoms with Crippen LogP contribution in [0.1, 0.15) is 36.0 Å². The first-order valence-corrected chi connectivity index (χ1v) is 14.0. The van der Waals surface area contributed by atoms with Gasteiger partial charge in [0.15, 0.2) is 0 Å². The molecule has 9 heteroatoms. The first kappa shape index (κ1) is 30.2. The van der Waals surface area contributed by atoms with Crippen LogP contribution < -0.4 is 21.3 Å². The number of carbonyl (C=O) groups is 4. The van der Waals surface area contributed by atoms with Crippen molar-refractivity contribution in [2.75, 3.05) is 6.54 Å². The zero-order valence-corrected chi connectivity index (χ0v) is 23.2. The molecular weight excluding hydrogens is 535 g/mol. The first-order chi connectivity index (χ1) is 20.4. The van der Waals surface area contributed by atoms with Crippen LogP contribution in [-0.2, 0) is 32.1 Å². The summed E-state index contributed by atoms with van der Waals surface area (Å²) in [6, 6.07) is 22.8. The van der Waals surface area contributed by atoms with Gasteiger partial charge in [-0.15, -0.1) is 0 Å². The van der Waals surface area contributed by atoms with Crippen LogP contribution in [-0.4, -0.2) is 42.3 Å². The van der Waals surface area contributed by atoms with Gasteiger partial charge in [-0.05, 0) is 47.7 Å². The van der Waals surface area contributed by atoms with Crippen molar-refractivity contribution in [2.24, 2.45) is 5.92 Å². The number of halogens is 1. The Morgan fingerprint density at radius 3 is 2.26 bits per heavy atom. The van der Waals surface area contributed by atoms with Gasteiger partial charge in [0.25, 0.3) is 0 Å². The van der Waals surface area contributed by atoms with Gasteiger partial charge in [-0.3, -0.25) is 19.2 Å². The minimum atomic E-state index is -1.00. The van der Waals surface area contributed by atoms with Crippen molar-refractivity contribution in [1.29, 1.82) is 0 Å². The molecule has 0 unspecified atom stereocenters. The number of carbonyl (C=O) groups excluding carboxylic acids is 4. The number of benzene rings is 3. The Balaban J connectivity index is 1.46. The van der Waals surface area contributed by atoms with Gasteiger partial charge in [0.2, 0.25) is 23.6 Å². The Bertz CT molecular complexity index is 1380. The summed E-state index contributed by atoms with van der Waals surface area (Å²) in [5.74, 6) is -2.11. The molecule has 218 valence electrons. The van der Waals surface area contributed by atoms with Crippen LogP contribution in [0.15, 0.2) is 91.0 Å². The smallest absolute Gasteiger partial charge is 0.244 e. The molecule has 0 aromatic heterocycles. The topological polar surface area (TPSA) is 116 Å². The van der Waals surface area contributed by atoms with Crippen molar-refractivity contribution in [3.63, 3.8) is 0 Å². The van der Waals surface area contributed by atoms with Crippen molar-refractivity contribution in [3.8, 4) is 0 Å². The fourth-order valence-corrected chi connectivity index (χ4v) is 4.82. The van der Waals surface area contributed by atoms with Crippen LogP contribution in [0.25, 0.3) is 6.08 Å². The van der Waals surface area contributed by atoms with Crippen molar-refractivity contribution in [1.82, 2.24) is 21.3 Å². The van der Waals surface area contributed by atoms with Crippen molar-refractivity contribution in [2.45, 2.75) is 44.3 Å².